The number of hydrogen-bond donors (Lipinski definition) is 0. The minimum absolute atomic E-state index is 0.135. The monoisotopic (exact) mass is 289 g/mol. The number of rotatable bonds is 3. The molecule has 1 heterocycles. The Morgan fingerprint density at radius 1 is 1.56 bits per heavy atom. The maximum absolute atomic E-state index is 12.2. The summed E-state index contributed by atoms with van der Waals surface area (Å²) in [6.45, 7) is 0.224. The Bertz CT molecular complexity index is 447. The summed E-state index contributed by atoms with van der Waals surface area (Å²) >= 11 is 12.3. The summed E-state index contributed by atoms with van der Waals surface area (Å²) in [5, 5.41) is 0.423. The topological polar surface area (TPSA) is 46.6 Å². The molecule has 2 rings (SSSR count). The van der Waals surface area contributed by atoms with Crippen molar-refractivity contribution in [2.45, 2.75) is 17.8 Å². The van der Waals surface area contributed by atoms with Gasteiger partial charge in [-0.1, -0.05) is 29.3 Å². The molecule has 0 bridgehead atoms. The van der Waals surface area contributed by atoms with Crippen molar-refractivity contribution in [1.29, 1.82) is 0 Å². The second-order valence-corrected chi connectivity index (χ2v) is 5.47. The number of nitrogens with zero attached hydrogens (tertiary/aromatic N) is 1. The fourth-order valence-electron chi connectivity index (χ4n) is 2.23. The summed E-state index contributed by atoms with van der Waals surface area (Å²) in [7, 11) is 1.50. The Morgan fingerprint density at radius 2 is 2.28 bits per heavy atom. The van der Waals surface area contributed by atoms with Gasteiger partial charge in [0.25, 0.3) is 0 Å². The van der Waals surface area contributed by atoms with Crippen molar-refractivity contribution in [3.05, 3.63) is 23.3 Å². The van der Waals surface area contributed by atoms with Gasteiger partial charge in [-0.2, -0.15) is 0 Å². The molecule has 98 valence electrons. The summed E-state index contributed by atoms with van der Waals surface area (Å²) in [5.74, 6) is -1.03. The molecule has 1 aliphatic heterocycles. The smallest absolute Gasteiger partial charge is 0.236 e. The standard InChI is InChI=1S/C12H13Cl2NO3/c1-18-7-8-5-10(16)15(11(8)17)12(14)4-2-3-9(13)6-12/h2-3,6,8H,4-5,7H2,1H3. The molecule has 2 amide bonds. The highest BCUT2D eigenvalue weighted by Crippen LogP contribution is 2.38. The average Bonchev–Trinajstić information content (AvgIpc) is 2.54. The molecule has 2 unspecified atom stereocenters. The fourth-order valence-corrected chi connectivity index (χ4v) is 2.94. The van der Waals surface area contributed by atoms with Crippen LogP contribution in [-0.2, 0) is 14.3 Å². The largest absolute Gasteiger partial charge is 0.384 e. The van der Waals surface area contributed by atoms with Gasteiger partial charge in [0.15, 0.2) is 0 Å². The third kappa shape index (κ3) is 2.32. The molecule has 4 nitrogen and oxygen atoms in total. The van der Waals surface area contributed by atoms with Crippen molar-refractivity contribution in [2.75, 3.05) is 13.7 Å². The van der Waals surface area contributed by atoms with E-state index >= 15 is 0 Å². The molecule has 0 radical (unpaired) electrons. The number of alkyl halides is 1. The van der Waals surface area contributed by atoms with Crippen molar-refractivity contribution in [3.8, 4) is 0 Å². The average molecular weight is 290 g/mol. The van der Waals surface area contributed by atoms with Crippen molar-refractivity contribution in [2.24, 2.45) is 5.92 Å². The molecule has 2 aliphatic rings. The van der Waals surface area contributed by atoms with Gasteiger partial charge in [0.2, 0.25) is 11.8 Å². The Kier molecular flexibility index (Phi) is 3.80. The van der Waals surface area contributed by atoms with Crippen LogP contribution in [-0.4, -0.2) is 35.4 Å². The molecule has 0 spiro atoms. The lowest BCUT2D eigenvalue weighted by Gasteiger charge is -2.33. The predicted octanol–water partition coefficient (Wildman–Crippen LogP) is 2.03. The summed E-state index contributed by atoms with van der Waals surface area (Å²) in [4.78, 5) is 24.0. The summed E-state index contributed by atoms with van der Waals surface area (Å²) in [6.07, 6.45) is 5.47. The van der Waals surface area contributed by atoms with Gasteiger partial charge in [0, 0.05) is 25.0 Å². The maximum Gasteiger partial charge on any atom is 0.236 e. The summed E-state index contributed by atoms with van der Waals surface area (Å²) < 4.78 is 4.94. The zero-order chi connectivity index (χ0) is 13.3. The lowest BCUT2D eigenvalue weighted by Crippen LogP contribution is -2.47. The molecular weight excluding hydrogens is 277 g/mol. The van der Waals surface area contributed by atoms with E-state index < -0.39 is 10.9 Å². The SMILES string of the molecule is COCC1CC(=O)N(C2(Cl)C=C(Cl)C=CC2)C1=O. The van der Waals surface area contributed by atoms with Crippen LogP contribution in [0.4, 0.5) is 0 Å². The Labute approximate surface area is 115 Å². The molecule has 2 atom stereocenters. The molecule has 0 aromatic rings. The van der Waals surface area contributed by atoms with E-state index in [1.54, 1.807) is 12.2 Å². The quantitative estimate of drug-likeness (QED) is 0.454. The molecule has 0 saturated carbocycles. The third-order valence-electron chi connectivity index (χ3n) is 3.02. The minimum atomic E-state index is -1.18. The molecule has 18 heavy (non-hydrogen) atoms. The van der Waals surface area contributed by atoms with Gasteiger partial charge in [-0.3, -0.25) is 14.5 Å². The van der Waals surface area contributed by atoms with E-state index in [2.05, 4.69) is 0 Å². The number of methoxy groups -OCH3 is 1. The van der Waals surface area contributed by atoms with Gasteiger partial charge in [-0.05, 0) is 12.2 Å². The first kappa shape index (κ1) is 13.6. The Hall–Kier alpha value is -0.840. The van der Waals surface area contributed by atoms with Gasteiger partial charge in [-0.15, -0.1) is 0 Å². The van der Waals surface area contributed by atoms with Crippen LogP contribution in [0.5, 0.6) is 0 Å². The summed E-state index contributed by atoms with van der Waals surface area (Å²) in [5.41, 5.74) is 0. The molecule has 0 aromatic heterocycles. The van der Waals surface area contributed by atoms with Crippen molar-refractivity contribution in [1.82, 2.24) is 4.90 Å². The Balaban J connectivity index is 2.26. The predicted molar refractivity (Wildman–Crippen MR) is 68.1 cm³/mol. The number of carbonyl (C=O) groups excluding carboxylic acids is 2. The van der Waals surface area contributed by atoms with E-state index in [9.17, 15) is 9.59 Å². The van der Waals surface area contributed by atoms with E-state index in [-0.39, 0.29) is 24.8 Å². The van der Waals surface area contributed by atoms with E-state index in [4.69, 9.17) is 27.9 Å². The number of hydrogen-bond acceptors (Lipinski definition) is 3. The van der Waals surface area contributed by atoms with Crippen molar-refractivity contribution < 1.29 is 14.3 Å². The van der Waals surface area contributed by atoms with Crippen LogP contribution in [0.3, 0.4) is 0 Å². The second kappa shape index (κ2) is 5.03. The van der Waals surface area contributed by atoms with Crippen molar-refractivity contribution in [3.63, 3.8) is 0 Å². The van der Waals surface area contributed by atoms with E-state index in [1.165, 1.54) is 13.2 Å². The number of halogens is 2. The van der Waals surface area contributed by atoms with Gasteiger partial charge in [-0.25, -0.2) is 0 Å². The highest BCUT2D eigenvalue weighted by Gasteiger charge is 2.48. The van der Waals surface area contributed by atoms with Crippen LogP contribution in [0.25, 0.3) is 0 Å². The zero-order valence-corrected chi connectivity index (χ0v) is 11.4. The number of likely N-dealkylation sites (tertiary alicyclic amines) is 1. The van der Waals surface area contributed by atoms with Crippen LogP contribution in [0, 0.1) is 5.92 Å². The number of imide groups is 1. The van der Waals surface area contributed by atoms with Crippen molar-refractivity contribution >= 4 is 35.0 Å². The van der Waals surface area contributed by atoms with Crippen LogP contribution < -0.4 is 0 Å². The highest BCUT2D eigenvalue weighted by atomic mass is 35.5. The second-order valence-electron chi connectivity index (χ2n) is 4.38. The number of allylic oxidation sites excluding steroid dienone is 2. The number of amides is 2. The lowest BCUT2D eigenvalue weighted by molar-refractivity contribution is -0.142. The first-order valence-electron chi connectivity index (χ1n) is 5.57. The lowest BCUT2D eigenvalue weighted by atomic mass is 10.1. The third-order valence-corrected chi connectivity index (χ3v) is 3.69. The number of carbonyl (C=O) groups is 2. The maximum atomic E-state index is 12.2. The molecule has 1 aliphatic carbocycles. The Morgan fingerprint density at radius 3 is 2.89 bits per heavy atom. The normalized spacial score (nSPS) is 32.1. The fraction of sp³-hybridized carbons (Fsp3) is 0.500. The zero-order valence-electron chi connectivity index (χ0n) is 9.86. The van der Waals surface area contributed by atoms with E-state index in [1.807, 2.05) is 0 Å². The van der Waals surface area contributed by atoms with Gasteiger partial charge >= 0.3 is 0 Å². The molecule has 0 N–H and O–H groups in total. The van der Waals surface area contributed by atoms with Crippen LogP contribution in [0.15, 0.2) is 23.3 Å². The summed E-state index contributed by atoms with van der Waals surface area (Å²) in [6, 6.07) is 0. The molecule has 6 heteroatoms. The van der Waals surface area contributed by atoms with Crippen LogP contribution in [0.1, 0.15) is 12.8 Å². The first-order valence-corrected chi connectivity index (χ1v) is 6.33. The highest BCUT2D eigenvalue weighted by molar-refractivity contribution is 6.34. The minimum Gasteiger partial charge on any atom is -0.384 e. The molecule has 1 fully saturated rings. The molecule has 1 saturated heterocycles. The van der Waals surface area contributed by atoms with Crippen LogP contribution in [0.2, 0.25) is 0 Å². The van der Waals surface area contributed by atoms with Gasteiger partial charge in [0.05, 0.1) is 12.5 Å². The van der Waals surface area contributed by atoms with Gasteiger partial charge in [0.1, 0.15) is 5.00 Å². The van der Waals surface area contributed by atoms with Gasteiger partial charge < -0.3 is 4.74 Å². The molecule has 0 aromatic carbocycles. The van der Waals surface area contributed by atoms with Crippen LogP contribution >= 0.6 is 23.2 Å². The van der Waals surface area contributed by atoms with E-state index in [0.29, 0.717) is 11.5 Å². The number of ether oxygens (including phenoxy) is 1. The first-order chi connectivity index (χ1) is 8.48. The molecular formula is C12H13Cl2NO3. The van der Waals surface area contributed by atoms with E-state index in [0.717, 1.165) is 4.90 Å².